The summed E-state index contributed by atoms with van der Waals surface area (Å²) >= 11 is 0. The lowest BCUT2D eigenvalue weighted by Gasteiger charge is -2.47. The third kappa shape index (κ3) is 2.66. The minimum atomic E-state index is 0.147. The zero-order chi connectivity index (χ0) is 14.3. The number of hydrogen-bond donors (Lipinski definition) is 1. The van der Waals surface area contributed by atoms with Crippen LogP contribution in [0.25, 0.3) is 0 Å². The van der Waals surface area contributed by atoms with E-state index in [0.717, 1.165) is 62.4 Å². The third-order valence-corrected chi connectivity index (χ3v) is 7.03. The molecule has 5 atom stereocenters. The van der Waals surface area contributed by atoms with Gasteiger partial charge >= 0.3 is 0 Å². The summed E-state index contributed by atoms with van der Waals surface area (Å²) in [6.45, 7) is 2.75. The van der Waals surface area contributed by atoms with Crippen LogP contribution in [0.4, 0.5) is 0 Å². The molecule has 2 aliphatic carbocycles. The number of fused-ring (bicyclic) bond motifs is 2. The summed E-state index contributed by atoms with van der Waals surface area (Å²) in [5.41, 5.74) is 0.147. The van der Waals surface area contributed by atoms with Crippen molar-refractivity contribution in [1.82, 2.24) is 5.32 Å². The average Bonchev–Trinajstić information content (AvgIpc) is 3.12. The Hall–Kier alpha value is -0.120. The van der Waals surface area contributed by atoms with E-state index >= 15 is 0 Å². The number of nitrogens with one attached hydrogen (secondary N) is 1. The van der Waals surface area contributed by atoms with E-state index in [2.05, 4.69) is 12.4 Å². The van der Waals surface area contributed by atoms with Gasteiger partial charge in [-0.3, -0.25) is 0 Å². The first kappa shape index (κ1) is 14.5. The van der Waals surface area contributed by atoms with E-state index in [1.165, 1.54) is 38.5 Å². The Bertz CT molecular complexity index is 361. The predicted octanol–water partition coefficient (Wildman–Crippen LogP) is 2.99. The second kappa shape index (κ2) is 5.82. The Kier molecular flexibility index (Phi) is 4.01. The van der Waals surface area contributed by atoms with Crippen molar-refractivity contribution in [2.45, 2.75) is 63.0 Å². The van der Waals surface area contributed by atoms with Crippen molar-refractivity contribution in [2.24, 2.45) is 23.7 Å². The summed E-state index contributed by atoms with van der Waals surface area (Å²) in [6, 6.07) is 0.726. The summed E-state index contributed by atoms with van der Waals surface area (Å²) in [4.78, 5) is 0. The van der Waals surface area contributed by atoms with Crippen LogP contribution in [-0.2, 0) is 9.47 Å². The summed E-state index contributed by atoms with van der Waals surface area (Å²) < 4.78 is 11.8. The van der Waals surface area contributed by atoms with E-state index in [4.69, 9.17) is 9.47 Å². The maximum atomic E-state index is 6.25. The van der Waals surface area contributed by atoms with E-state index in [9.17, 15) is 0 Å². The van der Waals surface area contributed by atoms with Crippen LogP contribution in [0.1, 0.15) is 51.4 Å². The van der Waals surface area contributed by atoms with Gasteiger partial charge in [0.25, 0.3) is 0 Å². The van der Waals surface area contributed by atoms with Gasteiger partial charge in [-0.05, 0) is 75.7 Å². The van der Waals surface area contributed by atoms with Crippen molar-refractivity contribution >= 4 is 0 Å². The minimum Gasteiger partial charge on any atom is -0.381 e. The molecule has 0 aromatic carbocycles. The molecule has 0 amide bonds. The summed E-state index contributed by atoms with van der Waals surface area (Å²) in [5, 5.41) is 3.73. The fraction of sp³-hybridized carbons (Fsp3) is 1.00. The third-order valence-electron chi connectivity index (χ3n) is 7.03. The van der Waals surface area contributed by atoms with Crippen LogP contribution < -0.4 is 5.32 Å². The molecule has 0 aromatic rings. The van der Waals surface area contributed by atoms with Crippen LogP contribution in [0.15, 0.2) is 0 Å². The van der Waals surface area contributed by atoms with Gasteiger partial charge < -0.3 is 14.8 Å². The average molecular weight is 293 g/mol. The highest BCUT2D eigenvalue weighted by molar-refractivity contribution is 5.00. The predicted molar refractivity (Wildman–Crippen MR) is 83.2 cm³/mol. The molecule has 2 heterocycles. The molecule has 2 bridgehead atoms. The molecule has 120 valence electrons. The molecule has 3 nitrogen and oxygen atoms in total. The highest BCUT2D eigenvalue weighted by atomic mass is 16.5. The first-order valence-electron chi connectivity index (χ1n) is 9.19. The van der Waals surface area contributed by atoms with Crippen molar-refractivity contribution in [3.05, 3.63) is 0 Å². The monoisotopic (exact) mass is 293 g/mol. The number of hydrogen-bond acceptors (Lipinski definition) is 3. The van der Waals surface area contributed by atoms with E-state index in [1.54, 1.807) is 0 Å². The Morgan fingerprint density at radius 2 is 1.90 bits per heavy atom. The zero-order valence-corrected chi connectivity index (χ0v) is 13.5. The van der Waals surface area contributed by atoms with E-state index in [1.807, 2.05) is 0 Å². The van der Waals surface area contributed by atoms with Gasteiger partial charge in [0, 0.05) is 25.9 Å². The highest BCUT2D eigenvalue weighted by Gasteiger charge is 2.47. The van der Waals surface area contributed by atoms with Gasteiger partial charge in [-0.1, -0.05) is 6.42 Å². The summed E-state index contributed by atoms with van der Waals surface area (Å²) in [5.74, 6) is 3.81. The smallest absolute Gasteiger partial charge is 0.0729 e. The van der Waals surface area contributed by atoms with Crippen molar-refractivity contribution in [3.63, 3.8) is 0 Å². The van der Waals surface area contributed by atoms with Crippen molar-refractivity contribution < 1.29 is 9.47 Å². The molecule has 3 heteroatoms. The van der Waals surface area contributed by atoms with Gasteiger partial charge in [-0.2, -0.15) is 0 Å². The van der Waals surface area contributed by atoms with Crippen molar-refractivity contribution in [2.75, 3.05) is 26.9 Å². The molecular formula is C18H31NO2. The van der Waals surface area contributed by atoms with Crippen LogP contribution in [0.5, 0.6) is 0 Å². The van der Waals surface area contributed by atoms with Gasteiger partial charge in [0.2, 0.25) is 0 Å². The standard InChI is InChI=1S/C18H31NO2/c1-19-17(16-11-13-2-3-14(16)10-13)15-4-7-21-18(12-15)5-8-20-9-6-18/h13-17,19H,2-12H2,1H3. The molecule has 2 aliphatic heterocycles. The molecule has 0 aromatic heterocycles. The summed E-state index contributed by atoms with van der Waals surface area (Å²) in [6.07, 6.45) is 10.7. The molecule has 4 aliphatic rings. The first-order chi connectivity index (χ1) is 10.3. The highest BCUT2D eigenvalue weighted by Crippen LogP contribution is 2.52. The van der Waals surface area contributed by atoms with E-state index in [-0.39, 0.29) is 5.60 Å². The molecular weight excluding hydrogens is 262 g/mol. The molecule has 1 spiro atoms. The molecule has 2 saturated carbocycles. The lowest BCUT2D eigenvalue weighted by atomic mass is 9.71. The van der Waals surface area contributed by atoms with Gasteiger partial charge in [0.15, 0.2) is 0 Å². The van der Waals surface area contributed by atoms with E-state index in [0.29, 0.717) is 0 Å². The second-order valence-corrected chi connectivity index (χ2v) is 8.05. The van der Waals surface area contributed by atoms with Crippen LogP contribution in [0.2, 0.25) is 0 Å². The van der Waals surface area contributed by atoms with Gasteiger partial charge in [-0.15, -0.1) is 0 Å². The molecule has 0 radical (unpaired) electrons. The Morgan fingerprint density at radius 1 is 1.05 bits per heavy atom. The second-order valence-electron chi connectivity index (χ2n) is 8.05. The van der Waals surface area contributed by atoms with Crippen molar-refractivity contribution in [1.29, 1.82) is 0 Å². The van der Waals surface area contributed by atoms with Gasteiger partial charge in [0.1, 0.15) is 0 Å². The first-order valence-corrected chi connectivity index (χ1v) is 9.19. The molecule has 4 fully saturated rings. The van der Waals surface area contributed by atoms with Crippen molar-refractivity contribution in [3.8, 4) is 0 Å². The maximum Gasteiger partial charge on any atom is 0.0729 e. The Balaban J connectivity index is 1.46. The number of rotatable bonds is 3. The van der Waals surface area contributed by atoms with E-state index < -0.39 is 0 Å². The fourth-order valence-electron chi connectivity index (χ4n) is 6.00. The SMILES string of the molecule is CNC(C1CCOC2(CCOCC2)C1)C1CC2CCC1C2. The normalized spacial score (nSPS) is 43.3. The topological polar surface area (TPSA) is 30.5 Å². The lowest BCUT2D eigenvalue weighted by molar-refractivity contribution is -0.152. The molecule has 5 unspecified atom stereocenters. The van der Waals surface area contributed by atoms with Gasteiger partial charge in [-0.25, -0.2) is 0 Å². The number of ether oxygens (including phenoxy) is 2. The zero-order valence-electron chi connectivity index (χ0n) is 13.5. The largest absolute Gasteiger partial charge is 0.381 e. The summed E-state index contributed by atoms with van der Waals surface area (Å²) in [7, 11) is 2.20. The maximum absolute atomic E-state index is 6.25. The molecule has 2 saturated heterocycles. The fourth-order valence-corrected chi connectivity index (χ4v) is 6.00. The minimum absolute atomic E-state index is 0.147. The quantitative estimate of drug-likeness (QED) is 0.868. The van der Waals surface area contributed by atoms with Crippen LogP contribution in [0, 0.1) is 23.7 Å². The molecule has 1 N–H and O–H groups in total. The van der Waals surface area contributed by atoms with Crippen LogP contribution in [-0.4, -0.2) is 38.5 Å². The van der Waals surface area contributed by atoms with Crippen LogP contribution in [0.3, 0.4) is 0 Å². The Labute approximate surface area is 129 Å². The molecule has 21 heavy (non-hydrogen) atoms. The van der Waals surface area contributed by atoms with Gasteiger partial charge in [0.05, 0.1) is 5.60 Å². The van der Waals surface area contributed by atoms with Crippen LogP contribution >= 0.6 is 0 Å². The Morgan fingerprint density at radius 3 is 2.57 bits per heavy atom. The lowest BCUT2D eigenvalue weighted by Crippen LogP contribution is -2.51. The molecule has 4 rings (SSSR count).